The van der Waals surface area contributed by atoms with Gasteiger partial charge in [-0.15, -0.1) is 0 Å². The van der Waals surface area contributed by atoms with Gasteiger partial charge in [-0.1, -0.05) is 15.9 Å². The molecule has 4 nitrogen and oxygen atoms in total. The first-order valence-electron chi connectivity index (χ1n) is 5.19. The van der Waals surface area contributed by atoms with Gasteiger partial charge in [-0.05, 0) is 25.1 Å². The van der Waals surface area contributed by atoms with Crippen LogP contribution >= 0.6 is 15.9 Å². The molecule has 0 heterocycles. The van der Waals surface area contributed by atoms with Gasteiger partial charge in [0.1, 0.15) is 5.75 Å². The number of hydrogen-bond acceptors (Lipinski definition) is 4. The number of rotatable bonds is 5. The average molecular weight is 301 g/mol. The molecule has 0 bridgehead atoms. The van der Waals surface area contributed by atoms with Crippen LogP contribution in [0.15, 0.2) is 18.2 Å². The van der Waals surface area contributed by atoms with Gasteiger partial charge in [-0.3, -0.25) is 4.79 Å². The molecule has 1 rings (SSSR count). The lowest BCUT2D eigenvalue weighted by Crippen LogP contribution is -2.12. The van der Waals surface area contributed by atoms with Crippen LogP contribution in [0.5, 0.6) is 5.75 Å². The van der Waals surface area contributed by atoms with E-state index in [4.69, 9.17) is 4.74 Å². The van der Waals surface area contributed by atoms with E-state index in [2.05, 4.69) is 15.9 Å². The van der Waals surface area contributed by atoms with Crippen molar-refractivity contribution in [2.75, 3.05) is 11.9 Å². The first kappa shape index (κ1) is 13.7. The molecule has 0 aliphatic rings. The normalized spacial score (nSPS) is 10.0. The van der Waals surface area contributed by atoms with E-state index in [-0.39, 0.29) is 35.7 Å². The average Bonchev–Trinajstić information content (AvgIpc) is 2.29. The molecule has 0 unspecified atom stereocenters. The highest BCUT2D eigenvalue weighted by Gasteiger charge is 2.18. The van der Waals surface area contributed by atoms with Gasteiger partial charge in [0.15, 0.2) is 5.78 Å². The summed E-state index contributed by atoms with van der Waals surface area (Å²) < 4.78 is 4.84. The molecule has 1 N–H and O–H groups in total. The number of hydrogen-bond donors (Lipinski definition) is 1. The van der Waals surface area contributed by atoms with E-state index in [0.717, 1.165) is 0 Å². The molecule has 5 heteroatoms. The summed E-state index contributed by atoms with van der Waals surface area (Å²) in [6, 6.07) is 4.07. The molecule has 92 valence electrons. The Balaban J connectivity index is 3.11. The maximum absolute atomic E-state index is 11.8. The van der Waals surface area contributed by atoms with Crippen molar-refractivity contribution in [2.45, 2.75) is 13.3 Å². The number of esters is 1. The largest absolute Gasteiger partial charge is 0.508 e. The highest BCUT2D eigenvalue weighted by Crippen LogP contribution is 2.19. The second-order valence-corrected chi connectivity index (χ2v) is 4.11. The number of ketones is 1. The molecule has 1 aromatic carbocycles. The number of Topliss-reactive ketones (excluding diaryl/α,β-unsaturated/α-hetero) is 1. The van der Waals surface area contributed by atoms with E-state index in [1.54, 1.807) is 6.92 Å². The van der Waals surface area contributed by atoms with E-state index in [0.29, 0.717) is 5.33 Å². The second kappa shape index (κ2) is 6.39. The summed E-state index contributed by atoms with van der Waals surface area (Å²) in [6.45, 7) is 1.90. The molecule has 0 aliphatic heterocycles. The lowest BCUT2D eigenvalue weighted by atomic mass is 10.0. The van der Waals surface area contributed by atoms with Crippen LogP contribution in [-0.2, 0) is 4.74 Å². The van der Waals surface area contributed by atoms with Crippen LogP contribution in [0.3, 0.4) is 0 Å². The lowest BCUT2D eigenvalue weighted by Gasteiger charge is -2.08. The number of halogens is 1. The van der Waals surface area contributed by atoms with Gasteiger partial charge in [0, 0.05) is 17.3 Å². The topological polar surface area (TPSA) is 63.6 Å². The van der Waals surface area contributed by atoms with Crippen molar-refractivity contribution in [1.82, 2.24) is 0 Å². The fraction of sp³-hybridized carbons (Fsp3) is 0.333. The third kappa shape index (κ3) is 3.56. The van der Waals surface area contributed by atoms with Crippen molar-refractivity contribution in [3.8, 4) is 5.75 Å². The Bertz CT molecular complexity index is 429. The Kier molecular flexibility index (Phi) is 5.15. The predicted octanol–water partition coefficient (Wildman–Crippen LogP) is 2.54. The van der Waals surface area contributed by atoms with Gasteiger partial charge >= 0.3 is 5.97 Å². The van der Waals surface area contributed by atoms with Crippen molar-refractivity contribution in [2.24, 2.45) is 0 Å². The van der Waals surface area contributed by atoms with Crippen LogP contribution in [0.1, 0.15) is 34.1 Å². The number of aromatic hydroxyl groups is 1. The highest BCUT2D eigenvalue weighted by molar-refractivity contribution is 9.09. The van der Waals surface area contributed by atoms with E-state index in [1.807, 2.05) is 0 Å². The van der Waals surface area contributed by atoms with Gasteiger partial charge in [-0.25, -0.2) is 4.79 Å². The Morgan fingerprint density at radius 1 is 1.35 bits per heavy atom. The quantitative estimate of drug-likeness (QED) is 0.516. The van der Waals surface area contributed by atoms with Crippen LogP contribution in [0.4, 0.5) is 0 Å². The number of carbonyl (C=O) groups excluding carboxylic acids is 2. The van der Waals surface area contributed by atoms with Crippen LogP contribution in [-0.4, -0.2) is 28.8 Å². The van der Waals surface area contributed by atoms with Crippen molar-refractivity contribution in [3.05, 3.63) is 29.3 Å². The molecular weight excluding hydrogens is 288 g/mol. The second-order valence-electron chi connectivity index (χ2n) is 3.31. The zero-order valence-corrected chi connectivity index (χ0v) is 11.0. The first-order valence-corrected chi connectivity index (χ1v) is 6.31. The SMILES string of the molecule is CCOC(=O)c1cc(O)ccc1C(=O)CCBr. The molecule has 1 aromatic rings. The standard InChI is InChI=1S/C12H13BrO4/c1-2-17-12(16)10-7-8(14)3-4-9(10)11(15)5-6-13/h3-4,7,14H,2,5-6H2,1H3. The molecule has 0 atom stereocenters. The van der Waals surface area contributed by atoms with Crippen LogP contribution in [0.25, 0.3) is 0 Å². The molecule has 0 fully saturated rings. The summed E-state index contributed by atoms with van der Waals surface area (Å²) in [5.41, 5.74) is 0.388. The first-order chi connectivity index (χ1) is 8.10. The Morgan fingerprint density at radius 3 is 2.65 bits per heavy atom. The zero-order valence-electron chi connectivity index (χ0n) is 9.40. The molecule has 0 amide bonds. The molecule has 0 saturated heterocycles. The molecule has 0 aliphatic carbocycles. The van der Waals surface area contributed by atoms with Crippen molar-refractivity contribution >= 4 is 27.7 Å². The molecule has 17 heavy (non-hydrogen) atoms. The molecule has 0 spiro atoms. The van der Waals surface area contributed by atoms with Gasteiger partial charge in [0.25, 0.3) is 0 Å². The van der Waals surface area contributed by atoms with E-state index >= 15 is 0 Å². The highest BCUT2D eigenvalue weighted by atomic mass is 79.9. The lowest BCUT2D eigenvalue weighted by molar-refractivity contribution is 0.0522. The Hall–Kier alpha value is -1.36. The summed E-state index contributed by atoms with van der Waals surface area (Å²) in [5.74, 6) is -0.824. The predicted molar refractivity (Wildman–Crippen MR) is 66.8 cm³/mol. The van der Waals surface area contributed by atoms with Crippen LogP contribution in [0.2, 0.25) is 0 Å². The van der Waals surface area contributed by atoms with Crippen molar-refractivity contribution < 1.29 is 19.4 Å². The number of phenolic OH excluding ortho intramolecular Hbond substituents is 1. The summed E-state index contributed by atoms with van der Waals surface area (Å²) >= 11 is 3.17. The minimum atomic E-state index is -0.596. The van der Waals surface area contributed by atoms with Gasteiger partial charge in [0.2, 0.25) is 0 Å². The van der Waals surface area contributed by atoms with Gasteiger partial charge in [0.05, 0.1) is 12.2 Å². The summed E-state index contributed by atoms with van der Waals surface area (Å²) in [6.07, 6.45) is 0.289. The fourth-order valence-electron chi connectivity index (χ4n) is 1.37. The summed E-state index contributed by atoms with van der Waals surface area (Å²) in [7, 11) is 0. The van der Waals surface area contributed by atoms with E-state index < -0.39 is 5.97 Å². The van der Waals surface area contributed by atoms with Crippen molar-refractivity contribution in [3.63, 3.8) is 0 Å². The molecule has 0 aromatic heterocycles. The van der Waals surface area contributed by atoms with Gasteiger partial charge < -0.3 is 9.84 Å². The van der Waals surface area contributed by atoms with Crippen molar-refractivity contribution in [1.29, 1.82) is 0 Å². The summed E-state index contributed by atoms with van der Waals surface area (Å²) in [5, 5.41) is 9.86. The molecule has 0 radical (unpaired) electrons. The molecule has 0 saturated carbocycles. The Labute approximate surface area is 108 Å². The third-order valence-corrected chi connectivity index (χ3v) is 2.52. The Morgan fingerprint density at radius 2 is 2.06 bits per heavy atom. The number of alkyl halides is 1. The van der Waals surface area contributed by atoms with Crippen LogP contribution < -0.4 is 0 Å². The summed E-state index contributed by atoms with van der Waals surface area (Å²) in [4.78, 5) is 23.4. The fourth-order valence-corrected chi connectivity index (χ4v) is 1.73. The van der Waals surface area contributed by atoms with E-state index in [1.165, 1.54) is 18.2 Å². The number of benzene rings is 1. The minimum absolute atomic E-state index is 0.0663. The van der Waals surface area contributed by atoms with Crippen LogP contribution in [0, 0.1) is 0 Å². The van der Waals surface area contributed by atoms with E-state index in [9.17, 15) is 14.7 Å². The number of ether oxygens (including phenoxy) is 1. The number of phenols is 1. The third-order valence-electron chi connectivity index (χ3n) is 2.12. The van der Waals surface area contributed by atoms with Gasteiger partial charge in [-0.2, -0.15) is 0 Å². The number of carbonyl (C=O) groups is 2. The minimum Gasteiger partial charge on any atom is -0.508 e. The molecular formula is C12H13BrO4. The maximum Gasteiger partial charge on any atom is 0.338 e. The zero-order chi connectivity index (χ0) is 12.8. The monoisotopic (exact) mass is 300 g/mol. The smallest absolute Gasteiger partial charge is 0.338 e. The maximum atomic E-state index is 11.8.